The molecule has 0 radical (unpaired) electrons. The van der Waals surface area contributed by atoms with Crippen LogP contribution in [0.15, 0.2) is 0 Å². The molecular formula is C14H29N3S. The fraction of sp³-hybridized carbons (Fsp3) is 1.00. The van der Waals surface area contributed by atoms with Crippen LogP contribution in [0.3, 0.4) is 0 Å². The van der Waals surface area contributed by atoms with Crippen molar-refractivity contribution in [1.29, 1.82) is 0 Å². The summed E-state index contributed by atoms with van der Waals surface area (Å²) in [5.41, 5.74) is 6.79. The highest BCUT2D eigenvalue weighted by Crippen LogP contribution is 2.46. The zero-order valence-electron chi connectivity index (χ0n) is 12.4. The van der Waals surface area contributed by atoms with Crippen molar-refractivity contribution >= 4 is 11.8 Å². The molecule has 0 aromatic heterocycles. The molecule has 106 valence electrons. The first kappa shape index (κ1) is 14.6. The Morgan fingerprint density at radius 3 is 2.61 bits per heavy atom. The van der Waals surface area contributed by atoms with Crippen LogP contribution in [-0.2, 0) is 0 Å². The minimum absolute atomic E-state index is 0.191. The van der Waals surface area contributed by atoms with Gasteiger partial charge in [0.25, 0.3) is 0 Å². The number of rotatable bonds is 2. The third-order valence-electron chi connectivity index (χ3n) is 5.19. The normalized spacial score (nSPS) is 38.8. The van der Waals surface area contributed by atoms with Gasteiger partial charge >= 0.3 is 0 Å². The molecule has 2 fully saturated rings. The maximum Gasteiger partial charge on any atom is 0.0476 e. The molecule has 0 aromatic rings. The standard InChI is InChI=1S/C14H29N3S/c1-12-9-16(4)6-7-17(12)14(10-15)11-18-8-5-13(14,2)3/h12H,5-11,15H2,1-4H3. The summed E-state index contributed by atoms with van der Waals surface area (Å²) >= 11 is 2.09. The average molecular weight is 271 g/mol. The van der Waals surface area contributed by atoms with Crippen molar-refractivity contribution in [1.82, 2.24) is 9.80 Å². The summed E-state index contributed by atoms with van der Waals surface area (Å²) in [6.07, 6.45) is 1.29. The summed E-state index contributed by atoms with van der Waals surface area (Å²) in [6, 6.07) is 0.616. The van der Waals surface area contributed by atoms with Gasteiger partial charge in [-0.2, -0.15) is 11.8 Å². The van der Waals surface area contributed by atoms with E-state index in [0.29, 0.717) is 11.5 Å². The first-order valence-corrected chi connectivity index (χ1v) is 8.31. The number of hydrogen-bond acceptors (Lipinski definition) is 4. The summed E-state index contributed by atoms with van der Waals surface area (Å²) < 4.78 is 0. The minimum atomic E-state index is 0.191. The summed E-state index contributed by atoms with van der Waals surface area (Å²) in [4.78, 5) is 5.16. The molecule has 2 aliphatic heterocycles. The van der Waals surface area contributed by atoms with Gasteiger partial charge in [0.05, 0.1) is 0 Å². The smallest absolute Gasteiger partial charge is 0.0476 e. The Bertz CT molecular complexity index is 295. The monoisotopic (exact) mass is 271 g/mol. The molecule has 2 heterocycles. The van der Waals surface area contributed by atoms with Gasteiger partial charge in [-0.3, -0.25) is 4.90 Å². The van der Waals surface area contributed by atoms with Crippen LogP contribution in [0.1, 0.15) is 27.2 Å². The van der Waals surface area contributed by atoms with Crippen LogP contribution in [0.25, 0.3) is 0 Å². The fourth-order valence-corrected chi connectivity index (χ4v) is 5.51. The van der Waals surface area contributed by atoms with Crippen LogP contribution in [0, 0.1) is 5.41 Å². The highest BCUT2D eigenvalue weighted by molar-refractivity contribution is 7.99. The van der Waals surface area contributed by atoms with E-state index in [1.54, 1.807) is 0 Å². The second-order valence-corrected chi connectivity index (χ2v) is 7.83. The topological polar surface area (TPSA) is 32.5 Å². The Balaban J connectivity index is 2.25. The molecule has 4 heteroatoms. The van der Waals surface area contributed by atoms with Crippen LogP contribution in [-0.4, -0.2) is 66.1 Å². The molecule has 0 aliphatic carbocycles. The molecule has 0 aromatic carbocycles. The largest absolute Gasteiger partial charge is 0.329 e. The van der Waals surface area contributed by atoms with E-state index in [1.807, 2.05) is 0 Å². The first-order valence-electron chi connectivity index (χ1n) is 7.16. The number of thioether (sulfide) groups is 1. The molecular weight excluding hydrogens is 242 g/mol. The highest BCUT2D eigenvalue weighted by atomic mass is 32.2. The van der Waals surface area contributed by atoms with Crippen LogP contribution in [0.4, 0.5) is 0 Å². The minimum Gasteiger partial charge on any atom is -0.329 e. The highest BCUT2D eigenvalue weighted by Gasteiger charge is 2.51. The Morgan fingerprint density at radius 2 is 2.06 bits per heavy atom. The second kappa shape index (κ2) is 5.31. The quantitative estimate of drug-likeness (QED) is 0.825. The Kier molecular flexibility index (Phi) is 4.32. The second-order valence-electron chi connectivity index (χ2n) is 6.73. The maximum absolute atomic E-state index is 6.27. The van der Waals surface area contributed by atoms with Gasteiger partial charge in [-0.05, 0) is 31.6 Å². The number of likely N-dealkylation sites (N-methyl/N-ethyl adjacent to an activating group) is 1. The van der Waals surface area contributed by atoms with Crippen molar-refractivity contribution in [3.05, 3.63) is 0 Å². The third kappa shape index (κ3) is 2.33. The predicted octanol–water partition coefficient (Wildman–Crippen LogP) is 1.48. The maximum atomic E-state index is 6.27. The van der Waals surface area contributed by atoms with Crippen LogP contribution < -0.4 is 5.73 Å². The van der Waals surface area contributed by atoms with Gasteiger partial charge in [-0.15, -0.1) is 0 Å². The van der Waals surface area contributed by atoms with Crippen molar-refractivity contribution < 1.29 is 0 Å². The molecule has 18 heavy (non-hydrogen) atoms. The molecule has 2 saturated heterocycles. The molecule has 2 atom stereocenters. The van der Waals surface area contributed by atoms with Gasteiger partial charge in [-0.25, -0.2) is 0 Å². The number of hydrogen-bond donors (Lipinski definition) is 1. The van der Waals surface area contributed by atoms with E-state index in [0.717, 1.165) is 6.54 Å². The average Bonchev–Trinajstić information content (AvgIpc) is 2.30. The van der Waals surface area contributed by atoms with Gasteiger partial charge in [0.2, 0.25) is 0 Å². The van der Waals surface area contributed by atoms with Gasteiger partial charge in [-0.1, -0.05) is 13.8 Å². The summed E-state index contributed by atoms with van der Waals surface area (Å²) in [7, 11) is 2.23. The zero-order valence-corrected chi connectivity index (χ0v) is 13.2. The lowest BCUT2D eigenvalue weighted by atomic mass is 9.69. The summed E-state index contributed by atoms with van der Waals surface area (Å²) in [5, 5.41) is 0. The molecule has 3 nitrogen and oxygen atoms in total. The van der Waals surface area contributed by atoms with E-state index < -0.39 is 0 Å². The van der Waals surface area contributed by atoms with Gasteiger partial charge in [0.1, 0.15) is 0 Å². The van der Waals surface area contributed by atoms with E-state index in [1.165, 1.54) is 37.6 Å². The van der Waals surface area contributed by atoms with Crippen molar-refractivity contribution in [2.45, 2.75) is 38.8 Å². The molecule has 2 rings (SSSR count). The molecule has 0 saturated carbocycles. The van der Waals surface area contributed by atoms with E-state index in [4.69, 9.17) is 5.73 Å². The lowest BCUT2D eigenvalue weighted by molar-refractivity contribution is -0.0531. The molecule has 0 amide bonds. The van der Waals surface area contributed by atoms with Crippen LogP contribution >= 0.6 is 11.8 Å². The van der Waals surface area contributed by atoms with Gasteiger partial charge < -0.3 is 10.6 Å². The van der Waals surface area contributed by atoms with E-state index in [9.17, 15) is 0 Å². The Hall–Kier alpha value is 0.230. The van der Waals surface area contributed by atoms with E-state index in [2.05, 4.69) is 49.4 Å². The van der Waals surface area contributed by atoms with Crippen LogP contribution in [0.5, 0.6) is 0 Å². The van der Waals surface area contributed by atoms with Crippen molar-refractivity contribution in [2.24, 2.45) is 11.1 Å². The van der Waals surface area contributed by atoms with Crippen molar-refractivity contribution in [3.63, 3.8) is 0 Å². The zero-order chi connectivity index (χ0) is 13.4. The number of piperazine rings is 1. The predicted molar refractivity (Wildman–Crippen MR) is 81.2 cm³/mol. The molecule has 2 N–H and O–H groups in total. The lowest BCUT2D eigenvalue weighted by Crippen LogP contribution is -2.71. The fourth-order valence-electron chi connectivity index (χ4n) is 3.70. The molecule has 0 bridgehead atoms. The SMILES string of the molecule is CC1CN(C)CCN1C1(CN)CSCCC1(C)C. The van der Waals surface area contributed by atoms with Crippen molar-refractivity contribution in [2.75, 3.05) is 44.7 Å². The number of nitrogens with two attached hydrogens (primary N) is 1. The third-order valence-corrected chi connectivity index (χ3v) is 6.36. The molecule has 2 unspecified atom stereocenters. The lowest BCUT2D eigenvalue weighted by Gasteiger charge is -2.59. The Labute approximate surface area is 116 Å². The van der Waals surface area contributed by atoms with Gasteiger partial charge in [0, 0.05) is 43.5 Å². The van der Waals surface area contributed by atoms with Crippen molar-refractivity contribution in [3.8, 4) is 0 Å². The Morgan fingerprint density at radius 1 is 1.33 bits per heavy atom. The summed E-state index contributed by atoms with van der Waals surface area (Å²) in [5.74, 6) is 2.49. The van der Waals surface area contributed by atoms with E-state index >= 15 is 0 Å². The summed E-state index contributed by atoms with van der Waals surface area (Å²) in [6.45, 7) is 11.5. The van der Waals surface area contributed by atoms with Gasteiger partial charge in [0.15, 0.2) is 0 Å². The van der Waals surface area contributed by atoms with Crippen LogP contribution in [0.2, 0.25) is 0 Å². The van der Waals surface area contributed by atoms with E-state index in [-0.39, 0.29) is 5.54 Å². The molecule has 2 aliphatic rings. The first-order chi connectivity index (χ1) is 8.43. The number of nitrogens with zero attached hydrogens (tertiary/aromatic N) is 2. The molecule has 0 spiro atoms.